The van der Waals surface area contributed by atoms with Crippen LogP contribution < -0.4 is 0 Å². The number of hydrogen-bond donors (Lipinski definition) is 0. The van der Waals surface area contributed by atoms with Crippen LogP contribution in [0.1, 0.15) is 0 Å². The van der Waals surface area contributed by atoms with Gasteiger partial charge in [0.1, 0.15) is 0 Å². The molecule has 2 rings (SSSR count). The zero-order valence-corrected chi connectivity index (χ0v) is 8.96. The lowest BCUT2D eigenvalue weighted by atomic mass is 10.2. The third kappa shape index (κ3) is 1.44. The molecule has 0 aliphatic carbocycles. The monoisotopic (exact) mass is 249 g/mol. The van der Waals surface area contributed by atoms with Crippen molar-refractivity contribution >= 4 is 45.7 Å². The van der Waals surface area contributed by atoms with E-state index in [9.17, 15) is 4.39 Å². The van der Waals surface area contributed by atoms with Crippen LogP contribution in [0, 0.1) is 5.82 Å². The summed E-state index contributed by atoms with van der Waals surface area (Å²) in [7, 11) is 0. The van der Waals surface area contributed by atoms with Gasteiger partial charge in [-0.15, -0.1) is 0 Å². The quantitative estimate of drug-likeness (QED) is 0.634. The van der Waals surface area contributed by atoms with E-state index in [1.165, 1.54) is 12.3 Å². The van der Waals surface area contributed by atoms with E-state index in [1.54, 1.807) is 6.07 Å². The van der Waals surface area contributed by atoms with Gasteiger partial charge in [0.05, 0.1) is 20.6 Å². The fourth-order valence-corrected chi connectivity index (χ4v) is 2.02. The van der Waals surface area contributed by atoms with Gasteiger partial charge < -0.3 is 0 Å². The molecule has 0 amide bonds. The van der Waals surface area contributed by atoms with Crippen molar-refractivity contribution in [1.29, 1.82) is 0 Å². The summed E-state index contributed by atoms with van der Waals surface area (Å²) in [4.78, 5) is 3.98. The molecule has 0 aliphatic heterocycles. The van der Waals surface area contributed by atoms with Gasteiger partial charge >= 0.3 is 0 Å². The summed E-state index contributed by atoms with van der Waals surface area (Å²) < 4.78 is 13.3. The second-order valence-corrected chi connectivity index (χ2v) is 3.87. The molecule has 1 heterocycles. The number of fused-ring (bicyclic) bond motifs is 1. The zero-order chi connectivity index (χ0) is 10.3. The van der Waals surface area contributed by atoms with Gasteiger partial charge in [0.2, 0.25) is 0 Å². The maximum atomic E-state index is 13.3. The maximum Gasteiger partial charge on any atom is 0.161 e. The van der Waals surface area contributed by atoms with Crippen molar-refractivity contribution in [2.75, 3.05) is 0 Å². The summed E-state index contributed by atoms with van der Waals surface area (Å²) in [6.07, 6.45) is 1.51. The molecule has 0 aliphatic rings. The SMILES string of the molecule is Fc1c(Cl)cc2nccc(Cl)c2c1Cl. The minimum atomic E-state index is -0.671. The van der Waals surface area contributed by atoms with Crippen LogP contribution >= 0.6 is 34.8 Å². The first-order valence-corrected chi connectivity index (χ1v) is 4.82. The molecular weight excluding hydrogens is 247 g/mol. The van der Waals surface area contributed by atoms with Crippen LogP contribution in [0.15, 0.2) is 18.3 Å². The lowest BCUT2D eigenvalue weighted by molar-refractivity contribution is 0.630. The normalized spacial score (nSPS) is 10.9. The highest BCUT2D eigenvalue weighted by molar-refractivity contribution is 6.43. The van der Waals surface area contributed by atoms with Gasteiger partial charge in [0, 0.05) is 11.6 Å². The molecule has 0 radical (unpaired) electrons. The van der Waals surface area contributed by atoms with E-state index in [4.69, 9.17) is 34.8 Å². The Kier molecular flexibility index (Phi) is 2.52. The molecule has 0 unspecified atom stereocenters. The number of rotatable bonds is 0. The molecule has 5 heteroatoms. The van der Waals surface area contributed by atoms with E-state index in [0.29, 0.717) is 15.9 Å². The second kappa shape index (κ2) is 3.54. The van der Waals surface area contributed by atoms with Crippen LogP contribution in [-0.4, -0.2) is 4.98 Å². The zero-order valence-electron chi connectivity index (χ0n) is 6.69. The Morgan fingerprint density at radius 3 is 2.57 bits per heavy atom. The van der Waals surface area contributed by atoms with E-state index >= 15 is 0 Å². The number of nitrogens with zero attached hydrogens (tertiary/aromatic N) is 1. The maximum absolute atomic E-state index is 13.3. The summed E-state index contributed by atoms with van der Waals surface area (Å²) in [5.41, 5.74) is 0.480. The van der Waals surface area contributed by atoms with Crippen LogP contribution in [0.25, 0.3) is 10.9 Å². The van der Waals surface area contributed by atoms with Crippen molar-refractivity contribution in [3.8, 4) is 0 Å². The van der Waals surface area contributed by atoms with Gasteiger partial charge in [-0.25, -0.2) is 4.39 Å². The van der Waals surface area contributed by atoms with Gasteiger partial charge in [0.15, 0.2) is 5.82 Å². The Bertz CT molecular complexity index is 513. The Labute approximate surface area is 94.4 Å². The highest BCUT2D eigenvalue weighted by Gasteiger charge is 2.13. The molecule has 1 nitrogen and oxygen atoms in total. The Morgan fingerprint density at radius 1 is 1.14 bits per heavy atom. The molecule has 72 valence electrons. The fourth-order valence-electron chi connectivity index (χ4n) is 1.18. The van der Waals surface area contributed by atoms with Crippen LogP contribution in [-0.2, 0) is 0 Å². The van der Waals surface area contributed by atoms with Gasteiger partial charge in [-0.1, -0.05) is 34.8 Å². The Balaban J connectivity index is 2.99. The number of halogens is 4. The van der Waals surface area contributed by atoms with E-state index in [0.717, 1.165) is 0 Å². The van der Waals surface area contributed by atoms with E-state index < -0.39 is 5.82 Å². The summed E-state index contributed by atoms with van der Waals surface area (Å²) in [5.74, 6) is -0.671. The molecule has 14 heavy (non-hydrogen) atoms. The highest BCUT2D eigenvalue weighted by Crippen LogP contribution is 2.34. The lowest BCUT2D eigenvalue weighted by Crippen LogP contribution is -1.86. The van der Waals surface area contributed by atoms with Crippen molar-refractivity contribution in [2.24, 2.45) is 0 Å². The molecule has 0 fully saturated rings. The predicted octanol–water partition coefficient (Wildman–Crippen LogP) is 4.33. The fraction of sp³-hybridized carbons (Fsp3) is 0. The van der Waals surface area contributed by atoms with Gasteiger partial charge in [-0.2, -0.15) is 0 Å². The van der Waals surface area contributed by atoms with Crippen LogP contribution in [0.2, 0.25) is 15.1 Å². The lowest BCUT2D eigenvalue weighted by Gasteiger charge is -2.04. The van der Waals surface area contributed by atoms with E-state index in [-0.39, 0.29) is 10.0 Å². The second-order valence-electron chi connectivity index (χ2n) is 2.67. The van der Waals surface area contributed by atoms with E-state index in [2.05, 4.69) is 4.98 Å². The van der Waals surface area contributed by atoms with Crippen molar-refractivity contribution in [1.82, 2.24) is 4.98 Å². The molecule has 1 aromatic heterocycles. The van der Waals surface area contributed by atoms with Gasteiger partial charge in [0.25, 0.3) is 0 Å². The first kappa shape index (κ1) is 9.97. The van der Waals surface area contributed by atoms with Gasteiger partial charge in [-0.3, -0.25) is 4.98 Å². The third-order valence-electron chi connectivity index (χ3n) is 1.81. The number of hydrogen-bond acceptors (Lipinski definition) is 1. The Hall–Kier alpha value is -0.570. The smallest absolute Gasteiger partial charge is 0.161 e. The van der Waals surface area contributed by atoms with Crippen LogP contribution in [0.4, 0.5) is 4.39 Å². The molecule has 2 aromatic rings. The van der Waals surface area contributed by atoms with Crippen molar-refractivity contribution in [3.63, 3.8) is 0 Å². The largest absolute Gasteiger partial charge is 0.256 e. The summed E-state index contributed by atoms with van der Waals surface area (Å²) in [6.45, 7) is 0. The predicted molar refractivity (Wildman–Crippen MR) is 56.7 cm³/mol. The molecular formula is C9H3Cl3FN. The highest BCUT2D eigenvalue weighted by atomic mass is 35.5. The van der Waals surface area contributed by atoms with Gasteiger partial charge in [-0.05, 0) is 12.1 Å². The number of aromatic nitrogens is 1. The number of benzene rings is 1. The summed E-state index contributed by atoms with van der Waals surface area (Å²) >= 11 is 17.2. The average Bonchev–Trinajstić information content (AvgIpc) is 2.14. The van der Waals surface area contributed by atoms with Crippen molar-refractivity contribution in [3.05, 3.63) is 39.2 Å². The summed E-state index contributed by atoms with van der Waals surface area (Å²) in [6, 6.07) is 2.94. The minimum absolute atomic E-state index is 0.0581. The van der Waals surface area contributed by atoms with Crippen molar-refractivity contribution in [2.45, 2.75) is 0 Å². The molecule has 0 saturated heterocycles. The topological polar surface area (TPSA) is 12.9 Å². The van der Waals surface area contributed by atoms with Crippen LogP contribution in [0.3, 0.4) is 0 Å². The van der Waals surface area contributed by atoms with Crippen molar-refractivity contribution < 1.29 is 4.39 Å². The minimum Gasteiger partial charge on any atom is -0.256 e. The molecule has 0 saturated carbocycles. The molecule has 0 atom stereocenters. The first-order chi connectivity index (χ1) is 6.61. The molecule has 0 spiro atoms. The molecule has 0 N–H and O–H groups in total. The molecule has 0 bridgehead atoms. The first-order valence-electron chi connectivity index (χ1n) is 3.69. The van der Waals surface area contributed by atoms with Crippen LogP contribution in [0.5, 0.6) is 0 Å². The van der Waals surface area contributed by atoms with E-state index in [1.807, 2.05) is 0 Å². The average molecular weight is 250 g/mol. The molecule has 1 aromatic carbocycles. The standard InChI is InChI=1S/C9H3Cl3FN/c10-4-1-2-14-6-3-5(11)9(13)8(12)7(4)6/h1-3H. The Morgan fingerprint density at radius 2 is 1.86 bits per heavy atom. The third-order valence-corrected chi connectivity index (χ3v) is 2.76. The number of pyridine rings is 1. The summed E-state index contributed by atoms with van der Waals surface area (Å²) in [5, 5.41) is 0.594.